The van der Waals surface area contributed by atoms with Crippen LogP contribution in [0, 0.1) is 0 Å². The van der Waals surface area contributed by atoms with Gasteiger partial charge in [-0.15, -0.1) is 0 Å². The largest absolute Gasteiger partial charge is 0.309 e. The van der Waals surface area contributed by atoms with E-state index in [1.54, 1.807) is 0 Å². The second-order valence-corrected chi connectivity index (χ2v) is 3.76. The van der Waals surface area contributed by atoms with Gasteiger partial charge in [-0.05, 0) is 23.6 Å². The maximum absolute atomic E-state index is 11.6. The number of Topliss-reactive ketones (excluding diaryl/α,β-unsaturated/α-hetero) is 1. The first kappa shape index (κ1) is 9.41. The summed E-state index contributed by atoms with van der Waals surface area (Å²) in [4.78, 5) is 11.6. The average Bonchev–Trinajstić information content (AvgIpc) is 2.64. The minimum Gasteiger partial charge on any atom is -0.309 e. The molecule has 74 valence electrons. The summed E-state index contributed by atoms with van der Waals surface area (Å²) in [5.41, 5.74) is 3.49. The molecule has 0 saturated heterocycles. The molecule has 1 aliphatic heterocycles. The lowest BCUT2D eigenvalue weighted by Gasteiger charge is -2.02. The lowest BCUT2D eigenvalue weighted by molar-refractivity contribution is 0.0981. The quantitative estimate of drug-likeness (QED) is 0.739. The van der Waals surface area contributed by atoms with E-state index in [0.717, 1.165) is 25.1 Å². The fourth-order valence-corrected chi connectivity index (χ4v) is 1.84. The van der Waals surface area contributed by atoms with E-state index in [1.807, 2.05) is 19.1 Å². The lowest BCUT2D eigenvalue weighted by atomic mass is 10.0. The van der Waals surface area contributed by atoms with Crippen LogP contribution in [0.1, 0.15) is 41.3 Å². The van der Waals surface area contributed by atoms with Crippen molar-refractivity contribution in [1.82, 2.24) is 5.32 Å². The highest BCUT2D eigenvalue weighted by molar-refractivity contribution is 5.96. The summed E-state index contributed by atoms with van der Waals surface area (Å²) in [5.74, 6) is 0.266. The molecule has 0 radical (unpaired) electrons. The van der Waals surface area contributed by atoms with Crippen LogP contribution in [0.15, 0.2) is 18.2 Å². The molecule has 2 heteroatoms. The van der Waals surface area contributed by atoms with Gasteiger partial charge in [0.05, 0.1) is 0 Å². The van der Waals surface area contributed by atoms with Gasteiger partial charge in [-0.1, -0.05) is 19.1 Å². The topological polar surface area (TPSA) is 29.1 Å². The molecule has 0 spiro atoms. The standard InChI is InChI=1S/C12H15NO/c1-2-3-12(14)9-4-5-10-7-13-8-11(10)6-9/h4-6,13H,2-3,7-8H2,1H3. The van der Waals surface area contributed by atoms with Crippen molar-refractivity contribution in [3.8, 4) is 0 Å². The number of carbonyl (C=O) groups excluding carboxylic acids is 1. The fourth-order valence-electron chi connectivity index (χ4n) is 1.84. The Morgan fingerprint density at radius 2 is 2.14 bits per heavy atom. The normalized spacial score (nSPS) is 14.1. The van der Waals surface area contributed by atoms with E-state index in [0.29, 0.717) is 6.42 Å². The zero-order valence-corrected chi connectivity index (χ0v) is 8.47. The van der Waals surface area contributed by atoms with Crippen molar-refractivity contribution in [2.24, 2.45) is 0 Å². The Bertz CT molecular complexity index is 357. The van der Waals surface area contributed by atoms with Gasteiger partial charge in [0.1, 0.15) is 0 Å². The SMILES string of the molecule is CCCC(=O)c1ccc2c(c1)CNC2. The van der Waals surface area contributed by atoms with Gasteiger partial charge in [-0.2, -0.15) is 0 Å². The minimum atomic E-state index is 0.266. The number of fused-ring (bicyclic) bond motifs is 1. The molecule has 2 rings (SSSR count). The van der Waals surface area contributed by atoms with E-state index >= 15 is 0 Å². The third-order valence-corrected chi connectivity index (χ3v) is 2.64. The predicted octanol–water partition coefficient (Wildman–Crippen LogP) is 2.27. The molecule has 0 bridgehead atoms. The molecule has 0 unspecified atom stereocenters. The smallest absolute Gasteiger partial charge is 0.162 e. The van der Waals surface area contributed by atoms with Crippen molar-refractivity contribution in [3.05, 3.63) is 34.9 Å². The summed E-state index contributed by atoms with van der Waals surface area (Å²) in [6.45, 7) is 3.88. The van der Waals surface area contributed by atoms with Crippen LogP contribution in [0.2, 0.25) is 0 Å². The molecule has 1 aliphatic rings. The van der Waals surface area contributed by atoms with Gasteiger partial charge in [-0.25, -0.2) is 0 Å². The first-order valence-corrected chi connectivity index (χ1v) is 5.17. The molecular formula is C12H15NO. The van der Waals surface area contributed by atoms with Crippen LogP contribution < -0.4 is 5.32 Å². The highest BCUT2D eigenvalue weighted by Gasteiger charge is 2.12. The molecular weight excluding hydrogens is 174 g/mol. The molecule has 0 fully saturated rings. The monoisotopic (exact) mass is 189 g/mol. The van der Waals surface area contributed by atoms with Crippen LogP contribution in [-0.2, 0) is 13.1 Å². The van der Waals surface area contributed by atoms with Crippen molar-refractivity contribution in [2.45, 2.75) is 32.9 Å². The molecule has 0 amide bonds. The molecule has 1 aromatic rings. The zero-order valence-electron chi connectivity index (χ0n) is 8.47. The Morgan fingerprint density at radius 3 is 2.93 bits per heavy atom. The maximum atomic E-state index is 11.6. The van der Waals surface area contributed by atoms with Crippen molar-refractivity contribution in [1.29, 1.82) is 0 Å². The van der Waals surface area contributed by atoms with E-state index in [2.05, 4.69) is 11.4 Å². The summed E-state index contributed by atoms with van der Waals surface area (Å²) >= 11 is 0. The summed E-state index contributed by atoms with van der Waals surface area (Å²) in [6, 6.07) is 6.05. The van der Waals surface area contributed by atoms with Gasteiger partial charge >= 0.3 is 0 Å². The number of ketones is 1. The zero-order chi connectivity index (χ0) is 9.97. The van der Waals surface area contributed by atoms with E-state index < -0.39 is 0 Å². The van der Waals surface area contributed by atoms with Crippen molar-refractivity contribution in [2.75, 3.05) is 0 Å². The Morgan fingerprint density at radius 1 is 1.36 bits per heavy atom. The van der Waals surface area contributed by atoms with Gasteiger partial charge in [-0.3, -0.25) is 4.79 Å². The Balaban J connectivity index is 2.24. The second kappa shape index (κ2) is 3.93. The van der Waals surface area contributed by atoms with Crippen LogP contribution in [0.4, 0.5) is 0 Å². The fraction of sp³-hybridized carbons (Fsp3) is 0.417. The van der Waals surface area contributed by atoms with Crippen LogP contribution >= 0.6 is 0 Å². The number of benzene rings is 1. The van der Waals surface area contributed by atoms with Gasteiger partial charge < -0.3 is 5.32 Å². The summed E-state index contributed by atoms with van der Waals surface area (Å²) < 4.78 is 0. The van der Waals surface area contributed by atoms with E-state index in [1.165, 1.54) is 11.1 Å². The number of hydrogen-bond donors (Lipinski definition) is 1. The molecule has 1 heterocycles. The van der Waals surface area contributed by atoms with Gasteiger partial charge in [0.25, 0.3) is 0 Å². The Labute approximate surface area is 84.3 Å². The highest BCUT2D eigenvalue weighted by atomic mass is 16.1. The van der Waals surface area contributed by atoms with Crippen LogP contribution in [0.3, 0.4) is 0 Å². The maximum Gasteiger partial charge on any atom is 0.162 e. The molecule has 1 N–H and O–H groups in total. The summed E-state index contributed by atoms with van der Waals surface area (Å²) in [7, 11) is 0. The van der Waals surface area contributed by atoms with Crippen LogP contribution in [-0.4, -0.2) is 5.78 Å². The third-order valence-electron chi connectivity index (χ3n) is 2.64. The average molecular weight is 189 g/mol. The minimum absolute atomic E-state index is 0.266. The highest BCUT2D eigenvalue weighted by Crippen LogP contribution is 2.18. The third kappa shape index (κ3) is 1.70. The number of carbonyl (C=O) groups is 1. The first-order valence-electron chi connectivity index (χ1n) is 5.17. The number of rotatable bonds is 3. The lowest BCUT2D eigenvalue weighted by Crippen LogP contribution is -2.00. The van der Waals surface area contributed by atoms with Gasteiger partial charge in [0.15, 0.2) is 5.78 Å². The van der Waals surface area contributed by atoms with Crippen LogP contribution in [0.5, 0.6) is 0 Å². The van der Waals surface area contributed by atoms with Crippen molar-refractivity contribution >= 4 is 5.78 Å². The number of hydrogen-bond acceptors (Lipinski definition) is 2. The molecule has 0 atom stereocenters. The van der Waals surface area contributed by atoms with Crippen LogP contribution in [0.25, 0.3) is 0 Å². The first-order chi connectivity index (χ1) is 6.81. The van der Waals surface area contributed by atoms with E-state index in [9.17, 15) is 4.79 Å². The molecule has 2 nitrogen and oxygen atoms in total. The summed E-state index contributed by atoms with van der Waals surface area (Å²) in [6.07, 6.45) is 1.58. The molecule has 0 saturated carbocycles. The van der Waals surface area contributed by atoms with Crippen molar-refractivity contribution in [3.63, 3.8) is 0 Å². The van der Waals surface area contributed by atoms with Gasteiger partial charge in [0, 0.05) is 25.1 Å². The predicted molar refractivity (Wildman–Crippen MR) is 56.2 cm³/mol. The molecule has 0 aromatic heterocycles. The number of nitrogens with one attached hydrogen (secondary N) is 1. The molecule has 1 aromatic carbocycles. The van der Waals surface area contributed by atoms with Crippen molar-refractivity contribution < 1.29 is 4.79 Å². The summed E-state index contributed by atoms with van der Waals surface area (Å²) in [5, 5.41) is 3.27. The Kier molecular flexibility index (Phi) is 2.64. The van der Waals surface area contributed by atoms with E-state index in [-0.39, 0.29) is 5.78 Å². The Hall–Kier alpha value is -1.15. The van der Waals surface area contributed by atoms with E-state index in [4.69, 9.17) is 0 Å². The second-order valence-electron chi connectivity index (χ2n) is 3.76. The molecule has 0 aliphatic carbocycles. The molecule has 14 heavy (non-hydrogen) atoms. The van der Waals surface area contributed by atoms with Gasteiger partial charge in [0.2, 0.25) is 0 Å².